The lowest BCUT2D eigenvalue weighted by molar-refractivity contribution is -0.110. The number of rotatable bonds is 3. The van der Waals surface area contributed by atoms with E-state index < -0.39 is 5.54 Å². The highest BCUT2D eigenvalue weighted by Gasteiger charge is 2.32. The van der Waals surface area contributed by atoms with E-state index in [-0.39, 0.29) is 5.75 Å². The molecule has 0 aromatic carbocycles. The highest BCUT2D eigenvalue weighted by molar-refractivity contribution is 8.14. The van der Waals surface area contributed by atoms with Crippen LogP contribution in [0, 0.1) is 0 Å². The molecule has 2 heterocycles. The SMILES string of the molecule is COc1cnc(C2=N[C@@](C)(C=O)CS2)c(O)c1. The average molecular weight is 252 g/mol. The van der Waals surface area contributed by atoms with E-state index in [9.17, 15) is 9.90 Å². The topological polar surface area (TPSA) is 71.8 Å². The number of aromatic nitrogens is 1. The quantitative estimate of drug-likeness (QED) is 0.820. The van der Waals surface area contributed by atoms with Crippen LogP contribution in [-0.2, 0) is 4.79 Å². The van der Waals surface area contributed by atoms with Crippen molar-refractivity contribution >= 4 is 23.1 Å². The number of carbonyl (C=O) groups excluding carboxylic acids is 1. The van der Waals surface area contributed by atoms with E-state index in [1.807, 2.05) is 0 Å². The van der Waals surface area contributed by atoms with Gasteiger partial charge < -0.3 is 14.6 Å². The van der Waals surface area contributed by atoms with Gasteiger partial charge in [-0.05, 0) is 6.92 Å². The van der Waals surface area contributed by atoms with E-state index in [1.54, 1.807) is 6.92 Å². The number of thioether (sulfide) groups is 1. The molecular formula is C11H12N2O3S. The monoisotopic (exact) mass is 252 g/mol. The second-order valence-corrected chi connectivity index (χ2v) is 4.89. The number of aldehydes is 1. The predicted molar refractivity (Wildman–Crippen MR) is 65.9 cm³/mol. The lowest BCUT2D eigenvalue weighted by Crippen LogP contribution is -2.23. The number of aliphatic imine (C=N–C) groups is 1. The van der Waals surface area contributed by atoms with Gasteiger partial charge in [0.1, 0.15) is 34.1 Å². The summed E-state index contributed by atoms with van der Waals surface area (Å²) in [4.78, 5) is 19.2. The third kappa shape index (κ3) is 2.26. The number of aromatic hydroxyl groups is 1. The van der Waals surface area contributed by atoms with Crippen molar-refractivity contribution in [3.8, 4) is 11.5 Å². The van der Waals surface area contributed by atoms with E-state index in [4.69, 9.17) is 4.74 Å². The zero-order valence-corrected chi connectivity index (χ0v) is 10.3. The Balaban J connectivity index is 2.36. The van der Waals surface area contributed by atoms with Crippen LogP contribution in [0.4, 0.5) is 0 Å². The van der Waals surface area contributed by atoms with E-state index in [1.165, 1.54) is 31.1 Å². The Morgan fingerprint density at radius 3 is 2.94 bits per heavy atom. The number of ether oxygens (including phenoxy) is 1. The number of pyridine rings is 1. The molecule has 5 nitrogen and oxygen atoms in total. The van der Waals surface area contributed by atoms with E-state index in [0.29, 0.717) is 22.2 Å². The third-order valence-electron chi connectivity index (χ3n) is 2.39. The number of hydrogen-bond acceptors (Lipinski definition) is 6. The van der Waals surface area contributed by atoms with Gasteiger partial charge in [-0.1, -0.05) is 0 Å². The van der Waals surface area contributed by atoms with Gasteiger partial charge in [0, 0.05) is 11.8 Å². The fourth-order valence-corrected chi connectivity index (χ4v) is 2.53. The number of carbonyl (C=O) groups is 1. The average Bonchev–Trinajstić information content (AvgIpc) is 2.72. The summed E-state index contributed by atoms with van der Waals surface area (Å²) in [5.74, 6) is 1.05. The Morgan fingerprint density at radius 1 is 1.65 bits per heavy atom. The van der Waals surface area contributed by atoms with Gasteiger partial charge in [-0.15, -0.1) is 11.8 Å². The molecule has 17 heavy (non-hydrogen) atoms. The first-order chi connectivity index (χ1) is 8.08. The van der Waals surface area contributed by atoms with Gasteiger partial charge >= 0.3 is 0 Å². The molecule has 1 aliphatic rings. The fourth-order valence-electron chi connectivity index (χ4n) is 1.40. The van der Waals surface area contributed by atoms with Crippen molar-refractivity contribution in [2.24, 2.45) is 4.99 Å². The molecule has 1 aliphatic heterocycles. The third-order valence-corrected chi connectivity index (χ3v) is 3.68. The number of hydrogen-bond donors (Lipinski definition) is 1. The normalized spacial score (nSPS) is 23.3. The zero-order valence-electron chi connectivity index (χ0n) is 9.51. The summed E-state index contributed by atoms with van der Waals surface area (Å²) >= 11 is 1.41. The summed E-state index contributed by atoms with van der Waals surface area (Å²) in [6.45, 7) is 1.75. The molecule has 2 rings (SSSR count). The molecule has 0 bridgehead atoms. The molecule has 0 amide bonds. The first kappa shape index (κ1) is 11.9. The smallest absolute Gasteiger partial charge is 0.148 e. The molecule has 90 valence electrons. The van der Waals surface area contributed by atoms with Crippen LogP contribution in [0.3, 0.4) is 0 Å². The van der Waals surface area contributed by atoms with Gasteiger partial charge in [0.15, 0.2) is 0 Å². The lowest BCUT2D eigenvalue weighted by Gasteiger charge is -2.08. The first-order valence-electron chi connectivity index (χ1n) is 5.00. The van der Waals surface area contributed by atoms with E-state index in [2.05, 4.69) is 9.98 Å². The minimum atomic E-state index is -0.714. The van der Waals surface area contributed by atoms with Crippen molar-refractivity contribution in [3.05, 3.63) is 18.0 Å². The van der Waals surface area contributed by atoms with Gasteiger partial charge in [0.2, 0.25) is 0 Å². The minimum Gasteiger partial charge on any atom is -0.505 e. The van der Waals surface area contributed by atoms with Gasteiger partial charge in [0.25, 0.3) is 0 Å². The van der Waals surface area contributed by atoms with Crippen molar-refractivity contribution in [2.45, 2.75) is 12.5 Å². The molecule has 0 saturated carbocycles. The second-order valence-electron chi connectivity index (χ2n) is 3.92. The maximum absolute atomic E-state index is 10.9. The Kier molecular flexibility index (Phi) is 3.06. The van der Waals surface area contributed by atoms with Crippen molar-refractivity contribution in [1.82, 2.24) is 4.98 Å². The van der Waals surface area contributed by atoms with Crippen LogP contribution in [0.2, 0.25) is 0 Å². The van der Waals surface area contributed by atoms with Crippen LogP contribution < -0.4 is 4.74 Å². The zero-order chi connectivity index (χ0) is 12.5. The number of nitrogens with zero attached hydrogens (tertiary/aromatic N) is 2. The fraction of sp³-hybridized carbons (Fsp3) is 0.364. The summed E-state index contributed by atoms with van der Waals surface area (Å²) in [6, 6.07) is 1.47. The van der Waals surface area contributed by atoms with Crippen molar-refractivity contribution in [2.75, 3.05) is 12.9 Å². The molecule has 0 fully saturated rings. The molecule has 1 N–H and O–H groups in total. The second kappa shape index (κ2) is 4.37. The molecule has 0 unspecified atom stereocenters. The van der Waals surface area contributed by atoms with Gasteiger partial charge in [0.05, 0.1) is 13.3 Å². The molecule has 0 spiro atoms. The Labute approximate surface area is 103 Å². The van der Waals surface area contributed by atoms with Gasteiger partial charge in [-0.2, -0.15) is 0 Å². The van der Waals surface area contributed by atoms with Crippen LogP contribution in [0.5, 0.6) is 11.5 Å². The molecule has 1 aromatic heterocycles. The van der Waals surface area contributed by atoms with Crippen molar-refractivity contribution in [3.63, 3.8) is 0 Å². The molecular weight excluding hydrogens is 240 g/mol. The van der Waals surface area contributed by atoms with Crippen molar-refractivity contribution in [1.29, 1.82) is 0 Å². The minimum absolute atomic E-state index is 0.00532. The Bertz CT molecular complexity index is 490. The van der Waals surface area contributed by atoms with Crippen LogP contribution in [0.1, 0.15) is 12.6 Å². The molecule has 1 atom stereocenters. The van der Waals surface area contributed by atoms with Crippen molar-refractivity contribution < 1.29 is 14.6 Å². The highest BCUT2D eigenvalue weighted by Crippen LogP contribution is 2.32. The Hall–Kier alpha value is -1.56. The summed E-state index contributed by atoms with van der Waals surface area (Å²) in [6.07, 6.45) is 2.32. The lowest BCUT2D eigenvalue weighted by atomic mass is 10.1. The largest absolute Gasteiger partial charge is 0.505 e. The van der Waals surface area contributed by atoms with E-state index in [0.717, 1.165) is 6.29 Å². The van der Waals surface area contributed by atoms with Crippen LogP contribution in [0.15, 0.2) is 17.3 Å². The first-order valence-corrected chi connectivity index (χ1v) is 5.99. The van der Waals surface area contributed by atoms with Crippen LogP contribution >= 0.6 is 11.8 Å². The Morgan fingerprint density at radius 2 is 2.41 bits per heavy atom. The summed E-state index contributed by atoms with van der Waals surface area (Å²) < 4.78 is 4.95. The predicted octanol–water partition coefficient (Wildman–Crippen LogP) is 1.25. The van der Waals surface area contributed by atoms with Gasteiger partial charge in [-0.3, -0.25) is 4.99 Å². The molecule has 0 aliphatic carbocycles. The molecule has 6 heteroatoms. The maximum atomic E-state index is 10.9. The summed E-state index contributed by atoms with van der Waals surface area (Å²) in [5, 5.41) is 10.4. The summed E-state index contributed by atoms with van der Waals surface area (Å²) in [7, 11) is 1.50. The number of methoxy groups -OCH3 is 1. The molecule has 1 aromatic rings. The highest BCUT2D eigenvalue weighted by atomic mass is 32.2. The molecule has 0 radical (unpaired) electrons. The van der Waals surface area contributed by atoms with Crippen LogP contribution in [0.25, 0.3) is 0 Å². The molecule has 0 saturated heterocycles. The standard InChI is InChI=1S/C11H12N2O3S/c1-11(5-14)6-17-10(13-11)9-8(15)3-7(16-2)4-12-9/h3-5,15H,6H2,1-2H3/t11-/m0/s1. The van der Waals surface area contributed by atoms with Crippen LogP contribution in [-0.4, -0.2) is 39.8 Å². The summed E-state index contributed by atoms with van der Waals surface area (Å²) in [5.41, 5.74) is -0.324. The van der Waals surface area contributed by atoms with E-state index >= 15 is 0 Å². The maximum Gasteiger partial charge on any atom is 0.148 e. The van der Waals surface area contributed by atoms with Gasteiger partial charge in [-0.25, -0.2) is 4.98 Å².